The number of benzene rings is 2. The molecule has 0 fully saturated rings. The second-order valence-electron chi connectivity index (χ2n) is 7.33. The molecule has 4 rings (SSSR count). The highest BCUT2D eigenvalue weighted by Crippen LogP contribution is 2.46. The van der Waals surface area contributed by atoms with Gasteiger partial charge in [-0.2, -0.15) is 18.3 Å². The molecule has 3 aromatic rings. The van der Waals surface area contributed by atoms with Crippen molar-refractivity contribution in [2.24, 2.45) is 0 Å². The van der Waals surface area contributed by atoms with Crippen molar-refractivity contribution in [3.8, 4) is 5.75 Å². The van der Waals surface area contributed by atoms with Crippen molar-refractivity contribution in [3.63, 3.8) is 0 Å². The largest absolute Gasteiger partial charge is 0.506 e. The monoisotopic (exact) mass is 450 g/mol. The number of aryl methyl sites for hydroxylation is 1. The van der Waals surface area contributed by atoms with Gasteiger partial charge >= 0.3 is 6.18 Å². The normalized spacial score (nSPS) is 18.2. The smallest absolute Gasteiger partial charge is 0.410 e. The van der Waals surface area contributed by atoms with Gasteiger partial charge in [-0.15, -0.1) is 0 Å². The fourth-order valence-electron chi connectivity index (χ4n) is 3.57. The second kappa shape index (κ2) is 7.81. The summed E-state index contributed by atoms with van der Waals surface area (Å²) in [4.78, 5) is 12.7. The number of amides is 1. The van der Waals surface area contributed by atoms with E-state index < -0.39 is 24.2 Å². The Labute approximate surface area is 180 Å². The molecule has 2 aromatic carbocycles. The van der Waals surface area contributed by atoms with Gasteiger partial charge in [0.25, 0.3) is 5.91 Å². The molecule has 1 aliphatic rings. The van der Waals surface area contributed by atoms with Gasteiger partial charge in [-0.1, -0.05) is 48.0 Å². The van der Waals surface area contributed by atoms with Crippen LogP contribution in [0.3, 0.4) is 0 Å². The van der Waals surface area contributed by atoms with E-state index >= 15 is 0 Å². The van der Waals surface area contributed by atoms with Gasteiger partial charge in [0, 0.05) is 6.42 Å². The summed E-state index contributed by atoms with van der Waals surface area (Å²) in [7, 11) is 0. The van der Waals surface area contributed by atoms with Gasteiger partial charge in [0.2, 0.25) is 0 Å². The van der Waals surface area contributed by atoms with Crippen molar-refractivity contribution in [2.75, 3.05) is 10.6 Å². The first-order chi connectivity index (χ1) is 14.6. The molecule has 6 nitrogen and oxygen atoms in total. The van der Waals surface area contributed by atoms with Gasteiger partial charge in [0.1, 0.15) is 16.6 Å². The number of nitrogens with one attached hydrogen (secondary N) is 2. The number of halogens is 4. The fourth-order valence-corrected chi connectivity index (χ4v) is 3.83. The zero-order valence-corrected chi connectivity index (χ0v) is 17.0. The van der Waals surface area contributed by atoms with E-state index in [1.54, 1.807) is 43.3 Å². The third kappa shape index (κ3) is 4.05. The maximum atomic E-state index is 13.8. The summed E-state index contributed by atoms with van der Waals surface area (Å²) >= 11 is 6.31. The molecular formula is C21H18ClF3N4O2. The minimum atomic E-state index is -4.60. The molecule has 0 aliphatic carbocycles. The molecule has 0 radical (unpaired) electrons. The number of anilines is 2. The SMILES string of the molecule is Cc1ccc(O)c(NC(=O)c2nn3c(c2Cl)N[C@H](c2ccccc2)C[C@@H]3C(F)(F)F)c1. The van der Waals surface area contributed by atoms with Crippen molar-refractivity contribution in [1.29, 1.82) is 0 Å². The number of rotatable bonds is 3. The van der Waals surface area contributed by atoms with Crippen molar-refractivity contribution >= 4 is 29.0 Å². The molecule has 31 heavy (non-hydrogen) atoms. The lowest BCUT2D eigenvalue weighted by molar-refractivity contribution is -0.173. The number of carbonyl (C=O) groups is 1. The number of aromatic nitrogens is 2. The predicted octanol–water partition coefficient (Wildman–Crippen LogP) is 5.46. The van der Waals surface area contributed by atoms with E-state index in [-0.39, 0.29) is 34.4 Å². The minimum absolute atomic E-state index is 0.0808. The van der Waals surface area contributed by atoms with Gasteiger partial charge in [0.05, 0.1) is 11.7 Å². The summed E-state index contributed by atoms with van der Waals surface area (Å²) in [6.07, 6.45) is -4.90. The van der Waals surface area contributed by atoms with Gasteiger partial charge in [-0.25, -0.2) is 4.68 Å². The van der Waals surface area contributed by atoms with Crippen LogP contribution in [0.4, 0.5) is 24.7 Å². The Morgan fingerprint density at radius 1 is 1.26 bits per heavy atom. The van der Waals surface area contributed by atoms with E-state index in [1.165, 1.54) is 12.1 Å². The van der Waals surface area contributed by atoms with Crippen LogP contribution in [0.25, 0.3) is 0 Å². The van der Waals surface area contributed by atoms with Gasteiger partial charge in [0.15, 0.2) is 11.7 Å². The number of alkyl halides is 3. The fraction of sp³-hybridized carbons (Fsp3) is 0.238. The van der Waals surface area contributed by atoms with Crippen LogP contribution in [0, 0.1) is 6.92 Å². The predicted molar refractivity (Wildman–Crippen MR) is 111 cm³/mol. The van der Waals surface area contributed by atoms with E-state index in [2.05, 4.69) is 15.7 Å². The van der Waals surface area contributed by atoms with Crippen molar-refractivity contribution in [1.82, 2.24) is 9.78 Å². The first-order valence-corrected chi connectivity index (χ1v) is 9.80. The third-order valence-corrected chi connectivity index (χ3v) is 5.47. The summed E-state index contributed by atoms with van der Waals surface area (Å²) < 4.78 is 42.2. The molecule has 1 aromatic heterocycles. The molecule has 0 spiro atoms. The summed E-state index contributed by atoms with van der Waals surface area (Å²) in [6, 6.07) is 10.6. The van der Waals surface area contributed by atoms with Crippen LogP contribution in [0.2, 0.25) is 5.02 Å². The Hall–Kier alpha value is -3.20. The number of hydrogen-bond donors (Lipinski definition) is 3. The van der Waals surface area contributed by atoms with Crippen LogP contribution < -0.4 is 10.6 Å². The lowest BCUT2D eigenvalue weighted by Crippen LogP contribution is -2.35. The topological polar surface area (TPSA) is 79.2 Å². The maximum absolute atomic E-state index is 13.8. The average molecular weight is 451 g/mol. The molecule has 3 N–H and O–H groups in total. The molecule has 162 valence electrons. The van der Waals surface area contributed by atoms with E-state index in [0.29, 0.717) is 10.2 Å². The molecule has 0 saturated heterocycles. The Balaban J connectivity index is 1.71. The molecule has 10 heteroatoms. The number of fused-ring (bicyclic) bond motifs is 1. The van der Waals surface area contributed by atoms with Crippen molar-refractivity contribution in [2.45, 2.75) is 31.6 Å². The van der Waals surface area contributed by atoms with Crippen molar-refractivity contribution < 1.29 is 23.1 Å². The zero-order valence-electron chi connectivity index (χ0n) is 16.2. The first kappa shape index (κ1) is 21.0. The average Bonchev–Trinajstić information content (AvgIpc) is 3.06. The number of aromatic hydroxyl groups is 1. The molecular weight excluding hydrogens is 433 g/mol. The summed E-state index contributed by atoms with van der Waals surface area (Å²) in [5, 5.41) is 19.0. The van der Waals surface area contributed by atoms with Crippen LogP contribution in [0.5, 0.6) is 5.75 Å². The number of phenolic OH excluding ortho intramolecular Hbond substituents is 1. The molecule has 1 amide bonds. The van der Waals surface area contributed by atoms with Crippen molar-refractivity contribution in [3.05, 3.63) is 70.4 Å². The lowest BCUT2D eigenvalue weighted by atomic mass is 9.97. The molecule has 2 heterocycles. The van der Waals surface area contributed by atoms with Crippen LogP contribution >= 0.6 is 11.6 Å². The minimum Gasteiger partial charge on any atom is -0.506 e. The van der Waals surface area contributed by atoms with E-state index in [0.717, 1.165) is 5.56 Å². The highest BCUT2D eigenvalue weighted by Gasteiger charge is 2.47. The van der Waals surface area contributed by atoms with Crippen LogP contribution in [-0.4, -0.2) is 27.0 Å². The first-order valence-electron chi connectivity index (χ1n) is 9.42. The number of phenols is 1. The molecule has 0 unspecified atom stereocenters. The highest BCUT2D eigenvalue weighted by molar-refractivity contribution is 6.36. The lowest BCUT2D eigenvalue weighted by Gasteiger charge is -2.33. The molecule has 0 saturated carbocycles. The zero-order chi connectivity index (χ0) is 22.3. The van der Waals surface area contributed by atoms with Gasteiger partial charge < -0.3 is 15.7 Å². The van der Waals surface area contributed by atoms with Crippen LogP contribution in [-0.2, 0) is 0 Å². The highest BCUT2D eigenvalue weighted by atomic mass is 35.5. The summed E-state index contributed by atoms with van der Waals surface area (Å²) in [5.74, 6) is -1.09. The summed E-state index contributed by atoms with van der Waals surface area (Å²) in [6.45, 7) is 1.76. The Bertz CT molecular complexity index is 1130. The van der Waals surface area contributed by atoms with E-state index in [4.69, 9.17) is 11.6 Å². The van der Waals surface area contributed by atoms with Gasteiger partial charge in [-0.3, -0.25) is 4.79 Å². The summed E-state index contributed by atoms with van der Waals surface area (Å²) in [5.41, 5.74) is 1.17. The Morgan fingerprint density at radius 2 is 1.97 bits per heavy atom. The molecule has 1 aliphatic heterocycles. The number of carbonyl (C=O) groups excluding carboxylic acids is 1. The second-order valence-corrected chi connectivity index (χ2v) is 7.71. The third-order valence-electron chi connectivity index (χ3n) is 5.11. The Kier molecular flexibility index (Phi) is 5.30. The maximum Gasteiger partial charge on any atom is 0.410 e. The van der Waals surface area contributed by atoms with E-state index in [9.17, 15) is 23.1 Å². The van der Waals surface area contributed by atoms with Crippen LogP contribution in [0.1, 0.15) is 40.1 Å². The Morgan fingerprint density at radius 3 is 2.65 bits per heavy atom. The van der Waals surface area contributed by atoms with Crippen LogP contribution in [0.15, 0.2) is 48.5 Å². The van der Waals surface area contributed by atoms with Gasteiger partial charge in [-0.05, 0) is 30.2 Å². The van der Waals surface area contributed by atoms with E-state index in [1.807, 2.05) is 0 Å². The number of nitrogens with zero attached hydrogens (tertiary/aromatic N) is 2. The molecule has 2 atom stereocenters. The quantitative estimate of drug-likeness (QED) is 0.463. The molecule has 0 bridgehead atoms. The number of hydrogen-bond acceptors (Lipinski definition) is 4. The standard InChI is InChI=1S/C21H18ClF3N4O2/c1-11-7-8-15(30)14(9-11)27-20(31)18-17(22)19-26-13(12-5-3-2-4-6-12)10-16(21(23,24)25)29(19)28-18/h2-9,13,16,26,30H,10H2,1H3,(H,27,31)/t13-,16+/m0/s1.